The standard InChI is InChI=1S/C11H13F2NO4S2/c1-19-5-4-9(11(15)16)14-20(17,18)10-6-7(12)2-3-8(10)13/h2-3,6,9,14H,4-5H2,1H3,(H,15,16). The van der Waals surface area contributed by atoms with E-state index in [1.807, 2.05) is 4.72 Å². The number of hydrogen-bond donors (Lipinski definition) is 2. The molecule has 1 unspecified atom stereocenters. The van der Waals surface area contributed by atoms with Crippen molar-refractivity contribution in [3.8, 4) is 0 Å². The summed E-state index contributed by atoms with van der Waals surface area (Å²) in [5, 5.41) is 8.93. The summed E-state index contributed by atoms with van der Waals surface area (Å²) in [6.45, 7) is 0. The Morgan fingerprint density at radius 2 is 2.10 bits per heavy atom. The average Bonchev–Trinajstić information content (AvgIpc) is 2.36. The van der Waals surface area contributed by atoms with E-state index in [9.17, 15) is 22.0 Å². The summed E-state index contributed by atoms with van der Waals surface area (Å²) in [6.07, 6.45) is 1.77. The van der Waals surface area contributed by atoms with Crippen molar-refractivity contribution in [1.29, 1.82) is 0 Å². The molecular weight excluding hydrogens is 312 g/mol. The van der Waals surface area contributed by atoms with Crippen LogP contribution in [0.15, 0.2) is 23.1 Å². The van der Waals surface area contributed by atoms with Crippen molar-refractivity contribution in [3.63, 3.8) is 0 Å². The van der Waals surface area contributed by atoms with E-state index >= 15 is 0 Å². The molecule has 0 saturated carbocycles. The lowest BCUT2D eigenvalue weighted by atomic mass is 10.2. The Hall–Kier alpha value is -1.19. The number of benzene rings is 1. The Labute approximate surface area is 119 Å². The minimum Gasteiger partial charge on any atom is -0.480 e. The number of carboxylic acids is 1. The molecule has 9 heteroatoms. The van der Waals surface area contributed by atoms with Crippen molar-refractivity contribution in [1.82, 2.24) is 4.72 Å². The van der Waals surface area contributed by atoms with Crippen LogP contribution in [0.1, 0.15) is 6.42 Å². The molecule has 0 aliphatic heterocycles. The summed E-state index contributed by atoms with van der Waals surface area (Å²) in [7, 11) is -4.44. The molecule has 0 heterocycles. The number of rotatable bonds is 7. The molecule has 20 heavy (non-hydrogen) atoms. The fourth-order valence-electron chi connectivity index (χ4n) is 1.40. The second-order valence-corrected chi connectivity index (χ2v) is 6.54. The van der Waals surface area contributed by atoms with E-state index in [4.69, 9.17) is 5.11 Å². The van der Waals surface area contributed by atoms with E-state index in [1.165, 1.54) is 11.8 Å². The molecule has 5 nitrogen and oxygen atoms in total. The van der Waals surface area contributed by atoms with Crippen molar-refractivity contribution >= 4 is 27.8 Å². The number of halogens is 2. The Morgan fingerprint density at radius 3 is 2.65 bits per heavy atom. The van der Waals surface area contributed by atoms with Crippen LogP contribution < -0.4 is 4.72 Å². The molecule has 0 radical (unpaired) electrons. The number of hydrogen-bond acceptors (Lipinski definition) is 4. The SMILES string of the molecule is CSCCC(NS(=O)(=O)c1cc(F)ccc1F)C(=O)O. The van der Waals surface area contributed by atoms with Gasteiger partial charge in [-0.15, -0.1) is 0 Å². The zero-order chi connectivity index (χ0) is 15.3. The van der Waals surface area contributed by atoms with Gasteiger partial charge >= 0.3 is 5.97 Å². The monoisotopic (exact) mass is 325 g/mol. The van der Waals surface area contributed by atoms with Gasteiger partial charge in [0.2, 0.25) is 10.0 Å². The van der Waals surface area contributed by atoms with Crippen molar-refractivity contribution in [2.24, 2.45) is 0 Å². The first-order chi connectivity index (χ1) is 9.27. The van der Waals surface area contributed by atoms with Crippen molar-refractivity contribution in [2.45, 2.75) is 17.4 Å². The highest BCUT2D eigenvalue weighted by Gasteiger charge is 2.27. The Balaban J connectivity index is 3.03. The van der Waals surface area contributed by atoms with Gasteiger partial charge in [-0.2, -0.15) is 16.5 Å². The molecule has 1 aromatic rings. The van der Waals surface area contributed by atoms with E-state index in [0.717, 1.165) is 6.07 Å². The predicted octanol–water partition coefficient (Wildman–Crippen LogP) is 1.45. The van der Waals surface area contributed by atoms with Gasteiger partial charge in [0.1, 0.15) is 22.6 Å². The van der Waals surface area contributed by atoms with Crippen LogP contribution in [0.4, 0.5) is 8.78 Å². The number of sulfonamides is 1. The maximum absolute atomic E-state index is 13.4. The zero-order valence-electron chi connectivity index (χ0n) is 10.5. The summed E-state index contributed by atoms with van der Waals surface area (Å²) in [5.74, 6) is -3.04. The van der Waals surface area contributed by atoms with Gasteiger partial charge in [-0.3, -0.25) is 4.79 Å². The first kappa shape index (κ1) is 16.9. The first-order valence-corrected chi connectivity index (χ1v) is 8.34. The smallest absolute Gasteiger partial charge is 0.321 e. The van der Waals surface area contributed by atoms with Crippen LogP contribution in [0.3, 0.4) is 0 Å². The van der Waals surface area contributed by atoms with Crippen LogP contribution in [0.25, 0.3) is 0 Å². The van der Waals surface area contributed by atoms with E-state index in [0.29, 0.717) is 17.9 Å². The van der Waals surface area contributed by atoms with Crippen molar-refractivity contribution in [3.05, 3.63) is 29.8 Å². The van der Waals surface area contributed by atoms with Gasteiger partial charge in [-0.1, -0.05) is 0 Å². The summed E-state index contributed by atoms with van der Waals surface area (Å²) in [4.78, 5) is 10.1. The lowest BCUT2D eigenvalue weighted by Crippen LogP contribution is -2.41. The largest absolute Gasteiger partial charge is 0.480 e. The number of carbonyl (C=O) groups is 1. The highest BCUT2D eigenvalue weighted by atomic mass is 32.2. The molecule has 0 saturated heterocycles. The first-order valence-electron chi connectivity index (χ1n) is 5.47. The molecule has 1 aromatic carbocycles. The van der Waals surface area contributed by atoms with E-state index in [1.54, 1.807) is 6.26 Å². The molecule has 0 aromatic heterocycles. The van der Waals surface area contributed by atoms with Crippen LogP contribution in [0, 0.1) is 11.6 Å². The molecule has 1 rings (SSSR count). The lowest BCUT2D eigenvalue weighted by molar-refractivity contribution is -0.139. The maximum Gasteiger partial charge on any atom is 0.321 e. The minimum atomic E-state index is -4.44. The Kier molecular flexibility index (Phi) is 5.90. The van der Waals surface area contributed by atoms with E-state index in [-0.39, 0.29) is 6.42 Å². The zero-order valence-corrected chi connectivity index (χ0v) is 12.1. The van der Waals surface area contributed by atoms with E-state index in [2.05, 4.69) is 0 Å². The molecule has 0 aliphatic rings. The number of carboxylic acid groups (broad SMARTS) is 1. The highest BCUT2D eigenvalue weighted by Crippen LogP contribution is 2.16. The quantitative estimate of drug-likeness (QED) is 0.793. The van der Waals surface area contributed by atoms with Crippen LogP contribution in [-0.2, 0) is 14.8 Å². The third-order valence-corrected chi connectivity index (χ3v) is 4.52. The maximum atomic E-state index is 13.4. The third kappa shape index (κ3) is 4.43. The second-order valence-electron chi connectivity index (χ2n) is 3.87. The van der Waals surface area contributed by atoms with Crippen molar-refractivity contribution in [2.75, 3.05) is 12.0 Å². The van der Waals surface area contributed by atoms with E-state index < -0.39 is 38.6 Å². The summed E-state index contributed by atoms with van der Waals surface area (Å²) in [5.41, 5.74) is 0. The molecule has 0 spiro atoms. The summed E-state index contributed by atoms with van der Waals surface area (Å²) >= 11 is 1.34. The number of thioether (sulfide) groups is 1. The average molecular weight is 325 g/mol. The van der Waals surface area contributed by atoms with Crippen molar-refractivity contribution < 1.29 is 27.1 Å². The molecule has 2 N–H and O–H groups in total. The number of nitrogens with one attached hydrogen (secondary N) is 1. The molecule has 0 aliphatic carbocycles. The molecule has 112 valence electrons. The molecule has 0 fully saturated rings. The molecular formula is C11H13F2NO4S2. The van der Waals surface area contributed by atoms with Crippen LogP contribution in [-0.4, -0.2) is 37.5 Å². The van der Waals surface area contributed by atoms with Crippen LogP contribution >= 0.6 is 11.8 Å². The van der Waals surface area contributed by atoms with Crippen LogP contribution in [0.5, 0.6) is 0 Å². The van der Waals surface area contributed by atoms with Crippen LogP contribution in [0.2, 0.25) is 0 Å². The van der Waals surface area contributed by atoms with Gasteiger partial charge in [0.25, 0.3) is 0 Å². The fraction of sp³-hybridized carbons (Fsp3) is 0.364. The minimum absolute atomic E-state index is 0.0344. The second kappa shape index (κ2) is 7.00. The molecule has 1 atom stereocenters. The number of aliphatic carboxylic acids is 1. The van der Waals surface area contributed by atoms with Gasteiger partial charge < -0.3 is 5.11 Å². The van der Waals surface area contributed by atoms with Gasteiger partial charge in [-0.05, 0) is 36.6 Å². The Bertz CT molecular complexity index is 592. The highest BCUT2D eigenvalue weighted by molar-refractivity contribution is 7.98. The van der Waals surface area contributed by atoms with Gasteiger partial charge in [0, 0.05) is 0 Å². The molecule has 0 amide bonds. The topological polar surface area (TPSA) is 83.5 Å². The summed E-state index contributed by atoms with van der Waals surface area (Å²) < 4.78 is 52.1. The van der Waals surface area contributed by atoms with Gasteiger partial charge in [0.05, 0.1) is 0 Å². The molecule has 0 bridgehead atoms. The lowest BCUT2D eigenvalue weighted by Gasteiger charge is -2.14. The third-order valence-electron chi connectivity index (χ3n) is 2.39. The normalized spacial score (nSPS) is 13.2. The Morgan fingerprint density at radius 1 is 1.45 bits per heavy atom. The van der Waals surface area contributed by atoms with Gasteiger partial charge in [0.15, 0.2) is 0 Å². The predicted molar refractivity (Wildman–Crippen MR) is 71.1 cm³/mol. The van der Waals surface area contributed by atoms with Gasteiger partial charge in [-0.25, -0.2) is 17.2 Å². The fourth-order valence-corrected chi connectivity index (χ4v) is 3.19. The summed E-state index contributed by atoms with van der Waals surface area (Å²) in [6, 6.07) is 0.554.